The second kappa shape index (κ2) is 7.05. The Hall–Kier alpha value is -1.46. The van der Waals surface area contributed by atoms with Crippen LogP contribution < -0.4 is 10.2 Å². The van der Waals surface area contributed by atoms with Crippen LogP contribution in [0.3, 0.4) is 0 Å². The summed E-state index contributed by atoms with van der Waals surface area (Å²) in [5.41, 5.74) is 1.53. The van der Waals surface area contributed by atoms with Gasteiger partial charge in [-0.1, -0.05) is 12.1 Å². The number of benzene rings is 1. The van der Waals surface area contributed by atoms with Crippen LogP contribution in [-0.4, -0.2) is 30.5 Å². The molecule has 4 nitrogen and oxygen atoms in total. The number of para-hydroxylation sites is 1. The molecule has 4 bridgehead atoms. The van der Waals surface area contributed by atoms with Crippen LogP contribution >= 0.6 is 11.3 Å². The third-order valence-corrected chi connectivity index (χ3v) is 9.46. The van der Waals surface area contributed by atoms with Crippen LogP contribution in [0.2, 0.25) is 0 Å². The predicted octanol–water partition coefficient (Wildman–Crippen LogP) is 3.35. The second-order valence-corrected chi connectivity index (χ2v) is 11.6. The fourth-order valence-corrected chi connectivity index (χ4v) is 8.68. The number of quaternary nitrogens is 1. The van der Waals surface area contributed by atoms with Gasteiger partial charge in [0.1, 0.15) is 6.04 Å². The Morgan fingerprint density at radius 3 is 2.59 bits per heavy atom. The molecule has 1 aromatic heterocycles. The lowest BCUT2D eigenvalue weighted by atomic mass is 9.49. The fourth-order valence-electron chi connectivity index (χ4n) is 7.52. The molecule has 4 saturated carbocycles. The maximum atomic E-state index is 12.9. The van der Waals surface area contributed by atoms with E-state index in [-0.39, 0.29) is 5.91 Å². The highest BCUT2D eigenvalue weighted by Gasteiger charge is 2.50. The minimum absolute atomic E-state index is 0.253. The Labute approximate surface area is 177 Å². The van der Waals surface area contributed by atoms with Crippen LogP contribution in [0, 0.1) is 23.2 Å². The van der Waals surface area contributed by atoms with Gasteiger partial charge in [-0.25, -0.2) is 4.98 Å². The highest BCUT2D eigenvalue weighted by Crippen LogP contribution is 2.59. The maximum Gasteiger partial charge on any atom is 0.275 e. The molecule has 1 aliphatic heterocycles. The van der Waals surface area contributed by atoms with Gasteiger partial charge in [0.05, 0.1) is 16.8 Å². The zero-order valence-electron chi connectivity index (χ0n) is 17.2. The van der Waals surface area contributed by atoms with Gasteiger partial charge in [0.2, 0.25) is 0 Å². The van der Waals surface area contributed by atoms with Gasteiger partial charge >= 0.3 is 0 Å². The average molecular weight is 411 g/mol. The fraction of sp³-hybridized carbons (Fsp3) is 0.667. The first-order valence-electron chi connectivity index (χ1n) is 11.6. The first-order valence-corrected chi connectivity index (χ1v) is 12.4. The summed E-state index contributed by atoms with van der Waals surface area (Å²) in [6, 6.07) is 8.79. The Morgan fingerprint density at radius 1 is 1.14 bits per heavy atom. The zero-order chi connectivity index (χ0) is 19.4. The highest BCUT2D eigenvalue weighted by molar-refractivity contribution is 7.18. The molecule has 1 amide bonds. The number of carbonyl (C=O) groups excluding carboxylic acids is 1. The molecule has 1 aromatic carbocycles. The molecule has 1 unspecified atom stereocenters. The molecule has 0 radical (unpaired) electrons. The smallest absolute Gasteiger partial charge is 0.275 e. The summed E-state index contributed by atoms with van der Waals surface area (Å²) in [6.07, 6.45) is 10.8. The zero-order valence-corrected chi connectivity index (χ0v) is 18.0. The third-order valence-electron chi connectivity index (χ3n) is 8.31. The van der Waals surface area contributed by atoms with Crippen molar-refractivity contribution in [3.8, 4) is 0 Å². The Bertz CT molecular complexity index is 853. The molecule has 5 aliphatic rings. The van der Waals surface area contributed by atoms with Gasteiger partial charge < -0.3 is 10.2 Å². The van der Waals surface area contributed by atoms with E-state index in [1.54, 1.807) is 0 Å². The van der Waals surface area contributed by atoms with E-state index in [9.17, 15) is 4.79 Å². The number of fused-ring (bicyclic) bond motifs is 1. The first-order chi connectivity index (χ1) is 14.2. The minimum Gasteiger partial charge on any atom is -0.351 e. The van der Waals surface area contributed by atoms with E-state index >= 15 is 0 Å². The topological polar surface area (TPSA) is 46.4 Å². The molecule has 2 atom stereocenters. The van der Waals surface area contributed by atoms with Crippen molar-refractivity contribution in [1.29, 1.82) is 0 Å². The number of carbonyl (C=O) groups is 1. The van der Waals surface area contributed by atoms with Crippen molar-refractivity contribution in [2.75, 3.05) is 19.6 Å². The number of aromatic nitrogens is 1. The van der Waals surface area contributed by atoms with E-state index in [1.165, 1.54) is 59.6 Å². The molecule has 5 heteroatoms. The van der Waals surface area contributed by atoms with E-state index in [1.807, 2.05) is 11.3 Å². The van der Waals surface area contributed by atoms with Gasteiger partial charge in [-0.15, -0.1) is 11.3 Å². The van der Waals surface area contributed by atoms with Crippen LogP contribution in [0.25, 0.3) is 10.2 Å². The molecule has 2 N–H and O–H groups in total. The number of rotatable bonds is 5. The molecule has 4 aliphatic carbocycles. The summed E-state index contributed by atoms with van der Waals surface area (Å²) < 4.78 is 1.26. The van der Waals surface area contributed by atoms with Crippen molar-refractivity contribution in [3.63, 3.8) is 0 Å². The van der Waals surface area contributed by atoms with Gasteiger partial charge in [0.25, 0.3) is 5.91 Å². The van der Waals surface area contributed by atoms with Crippen molar-refractivity contribution in [2.24, 2.45) is 23.2 Å². The molecular formula is C24H32N3OS+. The van der Waals surface area contributed by atoms with Crippen LogP contribution in [0.1, 0.15) is 62.4 Å². The van der Waals surface area contributed by atoms with Gasteiger partial charge in [-0.05, 0) is 73.8 Å². The second-order valence-electron chi connectivity index (χ2n) is 10.5. The van der Waals surface area contributed by atoms with E-state index in [0.717, 1.165) is 42.8 Å². The number of hydrogen-bond acceptors (Lipinski definition) is 3. The molecular weight excluding hydrogens is 378 g/mol. The first kappa shape index (κ1) is 18.3. The van der Waals surface area contributed by atoms with Crippen LogP contribution in [-0.2, 0) is 4.79 Å². The molecule has 1 saturated heterocycles. The number of hydrogen-bond donors (Lipinski definition) is 2. The summed E-state index contributed by atoms with van der Waals surface area (Å²) in [5.74, 6) is 3.10. The molecule has 5 fully saturated rings. The van der Waals surface area contributed by atoms with Gasteiger partial charge in [0.15, 0.2) is 11.6 Å². The van der Waals surface area contributed by atoms with Gasteiger partial charge in [-0.3, -0.25) is 4.79 Å². The number of nitrogens with one attached hydrogen (secondary N) is 2. The van der Waals surface area contributed by atoms with Crippen molar-refractivity contribution in [3.05, 3.63) is 29.3 Å². The van der Waals surface area contributed by atoms with Crippen molar-refractivity contribution in [1.82, 2.24) is 10.3 Å². The normalized spacial score (nSPS) is 38.0. The monoisotopic (exact) mass is 410 g/mol. The lowest BCUT2D eigenvalue weighted by Crippen LogP contribution is -3.11. The lowest BCUT2D eigenvalue weighted by molar-refractivity contribution is -0.910. The van der Waals surface area contributed by atoms with E-state index in [2.05, 4.69) is 29.6 Å². The SMILES string of the molecule is O=C(C[NH+]1CCC[C@H]1c1nc2ccccc2s1)NCC12CC3CC(CC(C3)C1)C2. The molecule has 29 heavy (non-hydrogen) atoms. The quantitative estimate of drug-likeness (QED) is 0.794. The summed E-state index contributed by atoms with van der Waals surface area (Å²) in [4.78, 5) is 19.2. The Balaban J connectivity index is 1.10. The largest absolute Gasteiger partial charge is 0.351 e. The number of nitrogens with zero attached hydrogens (tertiary/aromatic N) is 1. The molecule has 2 heterocycles. The van der Waals surface area contributed by atoms with Crippen molar-refractivity contribution >= 4 is 27.5 Å². The molecule has 7 rings (SSSR count). The predicted molar refractivity (Wildman–Crippen MR) is 116 cm³/mol. The van der Waals surface area contributed by atoms with Gasteiger partial charge in [-0.2, -0.15) is 0 Å². The summed E-state index contributed by atoms with van der Waals surface area (Å²) >= 11 is 1.81. The summed E-state index contributed by atoms with van der Waals surface area (Å²) in [6.45, 7) is 2.62. The van der Waals surface area contributed by atoms with Crippen molar-refractivity contribution in [2.45, 2.75) is 57.4 Å². The van der Waals surface area contributed by atoms with Crippen molar-refractivity contribution < 1.29 is 9.69 Å². The molecule has 0 spiro atoms. The van der Waals surface area contributed by atoms with Crippen LogP contribution in [0.5, 0.6) is 0 Å². The van der Waals surface area contributed by atoms with Gasteiger partial charge in [0, 0.05) is 19.4 Å². The molecule has 154 valence electrons. The maximum absolute atomic E-state index is 12.9. The van der Waals surface area contributed by atoms with Crippen LogP contribution in [0.15, 0.2) is 24.3 Å². The minimum atomic E-state index is 0.253. The summed E-state index contributed by atoms with van der Waals surface area (Å²) in [7, 11) is 0. The summed E-state index contributed by atoms with van der Waals surface area (Å²) in [5, 5.41) is 4.60. The standard InChI is InChI=1S/C24H31N3OS/c28-22(25-15-24-11-16-8-17(12-24)10-18(9-16)13-24)14-27-7-3-5-20(27)23-26-19-4-1-2-6-21(19)29-23/h1-2,4,6,16-18,20H,3,5,7-15H2,(H,25,28)/p+1/t16?,17?,18?,20-,24?/m0/s1. The Morgan fingerprint density at radius 2 is 1.86 bits per heavy atom. The number of amides is 1. The van der Waals surface area contributed by atoms with E-state index in [4.69, 9.17) is 4.98 Å². The highest BCUT2D eigenvalue weighted by atomic mass is 32.1. The lowest BCUT2D eigenvalue weighted by Gasteiger charge is -2.56. The van der Waals surface area contributed by atoms with E-state index < -0.39 is 0 Å². The average Bonchev–Trinajstić information content (AvgIpc) is 3.31. The number of likely N-dealkylation sites (tertiary alicyclic amines) is 1. The third kappa shape index (κ3) is 3.40. The Kier molecular flexibility index (Phi) is 4.46. The van der Waals surface area contributed by atoms with Crippen LogP contribution in [0.4, 0.5) is 0 Å². The van der Waals surface area contributed by atoms with E-state index in [0.29, 0.717) is 18.0 Å². The number of thiazole rings is 1. The molecule has 2 aromatic rings.